The van der Waals surface area contributed by atoms with Crippen molar-refractivity contribution >= 4 is 23.3 Å². The summed E-state index contributed by atoms with van der Waals surface area (Å²) >= 11 is 5.86. The maximum Gasteiger partial charge on any atom is 0.184 e. The summed E-state index contributed by atoms with van der Waals surface area (Å²) in [5.74, 6) is 0. The Labute approximate surface area is 92.0 Å². The summed E-state index contributed by atoms with van der Waals surface area (Å²) < 4.78 is 1.55. The zero-order valence-electron chi connectivity index (χ0n) is 8.42. The van der Waals surface area contributed by atoms with Gasteiger partial charge in [0.2, 0.25) is 0 Å². The van der Waals surface area contributed by atoms with Gasteiger partial charge in [-0.15, -0.1) is 10.2 Å². The second-order valence-corrected chi connectivity index (χ2v) is 3.69. The van der Waals surface area contributed by atoms with Crippen molar-refractivity contribution in [2.75, 3.05) is 14.1 Å². The number of halogens is 1. The van der Waals surface area contributed by atoms with Crippen LogP contribution >= 0.6 is 11.6 Å². The maximum atomic E-state index is 5.86. The molecule has 0 amide bonds. The van der Waals surface area contributed by atoms with E-state index in [4.69, 9.17) is 11.6 Å². The van der Waals surface area contributed by atoms with Crippen molar-refractivity contribution < 1.29 is 0 Å². The maximum absolute atomic E-state index is 5.86. The molecule has 15 heavy (non-hydrogen) atoms. The van der Waals surface area contributed by atoms with Gasteiger partial charge in [-0.2, -0.15) is 9.61 Å². The van der Waals surface area contributed by atoms with Gasteiger partial charge < -0.3 is 4.90 Å². The number of rotatable bonds is 2. The number of fused-ring (bicyclic) bond motifs is 1. The van der Waals surface area contributed by atoms with Crippen LogP contribution < -0.4 is 0 Å². The lowest BCUT2D eigenvalue weighted by atomic mass is 10.3. The van der Waals surface area contributed by atoms with Crippen molar-refractivity contribution in [3.8, 4) is 0 Å². The van der Waals surface area contributed by atoms with E-state index in [1.807, 2.05) is 31.3 Å². The first-order chi connectivity index (χ1) is 7.16. The molecule has 0 radical (unpaired) electrons. The minimum atomic E-state index is 0.417. The molecule has 2 aromatic rings. The molecule has 0 saturated carbocycles. The number of nitrogens with zero attached hydrogens (tertiary/aromatic N) is 5. The molecule has 0 aliphatic rings. The number of hydrogen-bond acceptors (Lipinski definition) is 4. The molecule has 0 saturated heterocycles. The topological polar surface area (TPSA) is 46.3 Å². The van der Waals surface area contributed by atoms with Crippen LogP contribution in [0.3, 0.4) is 0 Å². The second kappa shape index (κ2) is 3.86. The van der Waals surface area contributed by atoms with E-state index in [1.165, 1.54) is 6.33 Å². The lowest BCUT2D eigenvalue weighted by Crippen LogP contribution is -2.00. The Balaban J connectivity index is 2.53. The Morgan fingerprint density at radius 1 is 1.47 bits per heavy atom. The highest BCUT2D eigenvalue weighted by molar-refractivity contribution is 6.29. The van der Waals surface area contributed by atoms with Gasteiger partial charge >= 0.3 is 0 Å². The highest BCUT2D eigenvalue weighted by atomic mass is 35.5. The summed E-state index contributed by atoms with van der Waals surface area (Å²) in [4.78, 5) is 1.93. The molecule has 0 N–H and O–H groups in total. The van der Waals surface area contributed by atoms with Gasteiger partial charge in [0.1, 0.15) is 6.33 Å². The van der Waals surface area contributed by atoms with E-state index in [2.05, 4.69) is 15.3 Å². The van der Waals surface area contributed by atoms with E-state index in [9.17, 15) is 0 Å². The molecule has 0 aliphatic carbocycles. The minimum Gasteiger partial charge on any atom is -0.383 e. The van der Waals surface area contributed by atoms with E-state index in [0.717, 1.165) is 5.56 Å². The zero-order valence-corrected chi connectivity index (χ0v) is 9.18. The summed E-state index contributed by atoms with van der Waals surface area (Å²) in [5, 5.41) is 12.2. The summed E-state index contributed by atoms with van der Waals surface area (Å²) in [5.41, 5.74) is 1.58. The van der Waals surface area contributed by atoms with Gasteiger partial charge in [-0.05, 0) is 18.3 Å². The van der Waals surface area contributed by atoms with Gasteiger partial charge in [0.15, 0.2) is 10.8 Å². The molecule has 0 unspecified atom stereocenters. The SMILES string of the molecule is CN(C)/C=C/c1cc(Cl)nn2cnnc12. The Hall–Kier alpha value is -1.62. The summed E-state index contributed by atoms with van der Waals surface area (Å²) in [7, 11) is 3.89. The molecule has 0 spiro atoms. The molecule has 0 aliphatic heterocycles. The molecule has 6 heteroatoms. The predicted molar refractivity (Wildman–Crippen MR) is 58.5 cm³/mol. The average Bonchev–Trinajstić information content (AvgIpc) is 2.61. The van der Waals surface area contributed by atoms with Crippen LogP contribution in [-0.4, -0.2) is 38.8 Å². The van der Waals surface area contributed by atoms with Gasteiger partial charge in [-0.25, -0.2) is 0 Å². The first-order valence-corrected chi connectivity index (χ1v) is 4.76. The van der Waals surface area contributed by atoms with Crippen molar-refractivity contribution in [1.29, 1.82) is 0 Å². The smallest absolute Gasteiger partial charge is 0.184 e. The number of hydrogen-bond donors (Lipinski definition) is 0. The Morgan fingerprint density at radius 2 is 2.27 bits per heavy atom. The van der Waals surface area contributed by atoms with Crippen molar-refractivity contribution in [3.63, 3.8) is 0 Å². The molecule has 0 bridgehead atoms. The molecule has 78 valence electrons. The normalized spacial score (nSPS) is 11.4. The van der Waals surface area contributed by atoms with Gasteiger partial charge in [-0.3, -0.25) is 0 Å². The molecule has 5 nitrogen and oxygen atoms in total. The molecule has 0 aromatic carbocycles. The molecule has 0 fully saturated rings. The van der Waals surface area contributed by atoms with Crippen LogP contribution in [0.1, 0.15) is 5.56 Å². The van der Waals surface area contributed by atoms with E-state index in [1.54, 1.807) is 10.6 Å². The second-order valence-electron chi connectivity index (χ2n) is 3.30. The van der Waals surface area contributed by atoms with E-state index in [0.29, 0.717) is 10.8 Å². The van der Waals surface area contributed by atoms with Crippen LogP contribution in [0, 0.1) is 0 Å². The summed E-state index contributed by atoms with van der Waals surface area (Å²) in [6.45, 7) is 0. The van der Waals surface area contributed by atoms with Crippen molar-refractivity contribution in [2.45, 2.75) is 0 Å². The summed E-state index contributed by atoms with van der Waals surface area (Å²) in [6, 6.07) is 1.76. The van der Waals surface area contributed by atoms with E-state index < -0.39 is 0 Å². The highest BCUT2D eigenvalue weighted by Crippen LogP contribution is 2.13. The van der Waals surface area contributed by atoms with E-state index >= 15 is 0 Å². The fraction of sp³-hybridized carbons (Fsp3) is 0.222. The molecular formula is C9H10ClN5. The largest absolute Gasteiger partial charge is 0.383 e. The van der Waals surface area contributed by atoms with Crippen LogP contribution in [-0.2, 0) is 0 Å². The first kappa shape index (κ1) is 9.92. The zero-order chi connectivity index (χ0) is 10.8. The van der Waals surface area contributed by atoms with Crippen LogP contribution in [0.2, 0.25) is 5.15 Å². The van der Waals surface area contributed by atoms with Crippen LogP contribution in [0.25, 0.3) is 11.7 Å². The van der Waals surface area contributed by atoms with Gasteiger partial charge in [0.25, 0.3) is 0 Å². The average molecular weight is 224 g/mol. The molecule has 2 heterocycles. The van der Waals surface area contributed by atoms with Gasteiger partial charge in [0.05, 0.1) is 0 Å². The highest BCUT2D eigenvalue weighted by Gasteiger charge is 2.03. The minimum absolute atomic E-state index is 0.417. The standard InChI is InChI=1S/C9H10ClN5/c1-14(2)4-3-7-5-8(10)13-15-6-11-12-9(7)15/h3-6H,1-2H3/b4-3+. The molecular weight excluding hydrogens is 214 g/mol. The van der Waals surface area contributed by atoms with Crippen molar-refractivity contribution in [1.82, 2.24) is 24.7 Å². The fourth-order valence-electron chi connectivity index (χ4n) is 1.17. The lowest BCUT2D eigenvalue weighted by Gasteiger charge is -2.03. The third-order valence-electron chi connectivity index (χ3n) is 1.82. The Morgan fingerprint density at radius 3 is 3.00 bits per heavy atom. The summed E-state index contributed by atoms with van der Waals surface area (Å²) in [6.07, 6.45) is 5.35. The fourth-order valence-corrected chi connectivity index (χ4v) is 1.37. The van der Waals surface area contributed by atoms with Gasteiger partial charge in [0, 0.05) is 19.7 Å². The van der Waals surface area contributed by atoms with Crippen molar-refractivity contribution in [2.24, 2.45) is 0 Å². The number of aromatic nitrogens is 4. The van der Waals surface area contributed by atoms with Crippen LogP contribution in [0.5, 0.6) is 0 Å². The third-order valence-corrected chi connectivity index (χ3v) is 2.00. The van der Waals surface area contributed by atoms with Crippen molar-refractivity contribution in [3.05, 3.63) is 29.3 Å². The Bertz CT molecular complexity index is 502. The van der Waals surface area contributed by atoms with E-state index in [-0.39, 0.29) is 0 Å². The predicted octanol–water partition coefficient (Wildman–Crippen LogP) is 1.31. The van der Waals surface area contributed by atoms with Gasteiger partial charge in [-0.1, -0.05) is 11.6 Å². The van der Waals surface area contributed by atoms with Crippen LogP contribution in [0.15, 0.2) is 18.6 Å². The van der Waals surface area contributed by atoms with Crippen LogP contribution in [0.4, 0.5) is 0 Å². The monoisotopic (exact) mass is 223 g/mol. The Kier molecular flexibility index (Phi) is 2.55. The quantitative estimate of drug-likeness (QED) is 0.770. The lowest BCUT2D eigenvalue weighted by molar-refractivity contribution is 0.567. The molecule has 0 atom stereocenters. The third kappa shape index (κ3) is 2.07. The molecule has 2 aromatic heterocycles. The molecule has 2 rings (SSSR count). The first-order valence-electron chi connectivity index (χ1n) is 4.38.